The minimum absolute atomic E-state index is 0.400. The zero-order chi connectivity index (χ0) is 15.8. The molecule has 22 heavy (non-hydrogen) atoms. The fraction of sp³-hybridized carbons (Fsp3) is 0.353. The van der Waals surface area contributed by atoms with Crippen LogP contribution in [-0.2, 0) is 13.2 Å². The Hall–Kier alpha value is -1.78. The van der Waals surface area contributed by atoms with E-state index in [2.05, 4.69) is 17.2 Å². The number of rotatable bonds is 8. The van der Waals surface area contributed by atoms with Crippen LogP contribution in [0.5, 0.6) is 11.5 Å². The molecule has 0 atom stereocenters. The second kappa shape index (κ2) is 8.61. The minimum atomic E-state index is 0.400. The van der Waals surface area contributed by atoms with E-state index in [1.165, 1.54) is 0 Å². The van der Waals surface area contributed by atoms with Crippen LogP contribution in [0.1, 0.15) is 24.5 Å². The van der Waals surface area contributed by atoms with Crippen molar-refractivity contribution in [3.05, 3.63) is 52.8 Å². The van der Waals surface area contributed by atoms with E-state index in [0.29, 0.717) is 23.1 Å². The summed E-state index contributed by atoms with van der Waals surface area (Å²) in [6.45, 7) is 4.26. The largest absolute Gasteiger partial charge is 0.493 e. The van der Waals surface area contributed by atoms with E-state index in [1.54, 1.807) is 19.5 Å². The summed E-state index contributed by atoms with van der Waals surface area (Å²) in [5.41, 5.74) is 2.05. The van der Waals surface area contributed by atoms with Crippen molar-refractivity contribution in [1.82, 2.24) is 10.3 Å². The number of halogens is 1. The third-order valence-electron chi connectivity index (χ3n) is 3.15. The number of pyridine rings is 1. The van der Waals surface area contributed by atoms with Gasteiger partial charge in [0.15, 0.2) is 11.5 Å². The van der Waals surface area contributed by atoms with Gasteiger partial charge in [-0.05, 0) is 36.7 Å². The Morgan fingerprint density at radius 3 is 2.82 bits per heavy atom. The number of ether oxygens (including phenoxy) is 2. The van der Waals surface area contributed by atoms with E-state index in [9.17, 15) is 0 Å². The first-order valence-electron chi connectivity index (χ1n) is 7.33. The summed E-state index contributed by atoms with van der Waals surface area (Å²) in [6, 6.07) is 7.69. The van der Waals surface area contributed by atoms with E-state index >= 15 is 0 Å². The van der Waals surface area contributed by atoms with Gasteiger partial charge in [-0.3, -0.25) is 4.98 Å². The van der Waals surface area contributed by atoms with Crippen molar-refractivity contribution < 1.29 is 9.47 Å². The molecule has 1 heterocycles. The van der Waals surface area contributed by atoms with E-state index < -0.39 is 0 Å². The van der Waals surface area contributed by atoms with Gasteiger partial charge in [0.2, 0.25) is 0 Å². The molecule has 0 amide bonds. The maximum absolute atomic E-state index is 6.34. The Morgan fingerprint density at radius 2 is 2.14 bits per heavy atom. The first-order chi connectivity index (χ1) is 10.7. The number of benzene rings is 1. The van der Waals surface area contributed by atoms with Crippen LogP contribution in [0.15, 0.2) is 36.7 Å². The summed E-state index contributed by atoms with van der Waals surface area (Å²) in [5, 5.41) is 3.90. The van der Waals surface area contributed by atoms with Crippen molar-refractivity contribution in [2.24, 2.45) is 0 Å². The molecule has 2 rings (SSSR count). The lowest BCUT2D eigenvalue weighted by molar-refractivity contribution is 0.284. The van der Waals surface area contributed by atoms with Crippen molar-refractivity contribution in [3.8, 4) is 11.5 Å². The summed E-state index contributed by atoms with van der Waals surface area (Å²) in [4.78, 5) is 4.07. The van der Waals surface area contributed by atoms with E-state index in [4.69, 9.17) is 21.1 Å². The highest BCUT2D eigenvalue weighted by Gasteiger charge is 2.12. The van der Waals surface area contributed by atoms with Crippen LogP contribution in [0.4, 0.5) is 0 Å². The summed E-state index contributed by atoms with van der Waals surface area (Å²) in [5.74, 6) is 1.21. The van der Waals surface area contributed by atoms with Crippen molar-refractivity contribution >= 4 is 11.6 Å². The molecule has 4 nitrogen and oxygen atoms in total. The molecule has 1 N–H and O–H groups in total. The monoisotopic (exact) mass is 320 g/mol. The molecule has 2 aromatic rings. The van der Waals surface area contributed by atoms with E-state index in [-0.39, 0.29) is 0 Å². The van der Waals surface area contributed by atoms with Gasteiger partial charge in [-0.1, -0.05) is 24.6 Å². The van der Waals surface area contributed by atoms with Gasteiger partial charge in [0.1, 0.15) is 6.61 Å². The third-order valence-corrected chi connectivity index (χ3v) is 3.43. The van der Waals surface area contributed by atoms with Gasteiger partial charge in [0.05, 0.1) is 12.1 Å². The molecule has 5 heteroatoms. The van der Waals surface area contributed by atoms with Gasteiger partial charge < -0.3 is 14.8 Å². The maximum atomic E-state index is 6.34. The number of hydrogen-bond acceptors (Lipinski definition) is 4. The van der Waals surface area contributed by atoms with Crippen molar-refractivity contribution in [2.75, 3.05) is 13.7 Å². The Balaban J connectivity index is 2.09. The molecule has 0 bridgehead atoms. The van der Waals surface area contributed by atoms with Crippen molar-refractivity contribution in [3.63, 3.8) is 0 Å². The molecule has 0 saturated carbocycles. The fourth-order valence-corrected chi connectivity index (χ4v) is 2.35. The van der Waals surface area contributed by atoms with Crippen LogP contribution in [-0.4, -0.2) is 18.6 Å². The van der Waals surface area contributed by atoms with Crippen LogP contribution in [0.2, 0.25) is 5.02 Å². The second-order valence-corrected chi connectivity index (χ2v) is 5.34. The van der Waals surface area contributed by atoms with Crippen LogP contribution in [0, 0.1) is 0 Å². The molecule has 0 aliphatic heterocycles. The zero-order valence-electron chi connectivity index (χ0n) is 12.9. The molecule has 0 radical (unpaired) electrons. The Bertz CT molecular complexity index is 591. The van der Waals surface area contributed by atoms with Crippen LogP contribution in [0.3, 0.4) is 0 Å². The van der Waals surface area contributed by atoms with Gasteiger partial charge >= 0.3 is 0 Å². The normalized spacial score (nSPS) is 10.5. The molecule has 1 aromatic heterocycles. The van der Waals surface area contributed by atoms with Gasteiger partial charge in [-0.25, -0.2) is 0 Å². The molecule has 0 aliphatic carbocycles. The Morgan fingerprint density at radius 1 is 1.27 bits per heavy atom. The molecule has 0 unspecified atom stereocenters. The summed E-state index contributed by atoms with van der Waals surface area (Å²) >= 11 is 6.34. The molecule has 0 fully saturated rings. The van der Waals surface area contributed by atoms with Gasteiger partial charge in [-0.2, -0.15) is 0 Å². The van der Waals surface area contributed by atoms with Gasteiger partial charge in [0, 0.05) is 24.5 Å². The smallest absolute Gasteiger partial charge is 0.180 e. The third kappa shape index (κ3) is 4.61. The Kier molecular flexibility index (Phi) is 6.49. The Labute approximate surface area is 136 Å². The molecular weight excluding hydrogens is 300 g/mol. The van der Waals surface area contributed by atoms with Crippen LogP contribution >= 0.6 is 11.6 Å². The summed E-state index contributed by atoms with van der Waals surface area (Å²) in [6.07, 6.45) is 4.59. The zero-order valence-corrected chi connectivity index (χ0v) is 13.7. The van der Waals surface area contributed by atoms with E-state index in [0.717, 1.165) is 30.6 Å². The van der Waals surface area contributed by atoms with E-state index in [1.807, 2.05) is 24.3 Å². The number of nitrogens with zero attached hydrogens (tertiary/aromatic N) is 1. The predicted octanol–water partition coefficient (Wildman–Crippen LogP) is 3.82. The summed E-state index contributed by atoms with van der Waals surface area (Å²) in [7, 11) is 1.62. The lowest BCUT2D eigenvalue weighted by atomic mass is 10.2. The van der Waals surface area contributed by atoms with Gasteiger partial charge in [-0.15, -0.1) is 0 Å². The molecule has 0 spiro atoms. The van der Waals surface area contributed by atoms with Crippen molar-refractivity contribution in [2.45, 2.75) is 26.5 Å². The highest BCUT2D eigenvalue weighted by Crippen LogP contribution is 2.36. The maximum Gasteiger partial charge on any atom is 0.180 e. The molecule has 0 saturated heterocycles. The number of nitrogens with one attached hydrogen (secondary N) is 1. The average molecular weight is 321 g/mol. The summed E-state index contributed by atoms with van der Waals surface area (Å²) < 4.78 is 11.2. The second-order valence-electron chi connectivity index (χ2n) is 4.94. The molecule has 118 valence electrons. The lowest BCUT2D eigenvalue weighted by Crippen LogP contribution is -2.14. The SMILES string of the molecule is CCCNCc1cc(Cl)c(OCc2cccnc2)c(OC)c1. The van der Waals surface area contributed by atoms with Crippen molar-refractivity contribution in [1.29, 1.82) is 0 Å². The molecule has 0 aliphatic rings. The fourth-order valence-electron chi connectivity index (χ4n) is 2.06. The highest BCUT2D eigenvalue weighted by molar-refractivity contribution is 6.32. The standard InChI is InChI=1S/C17H21ClN2O2/c1-3-6-19-11-14-8-15(18)17(16(9-14)21-2)22-12-13-5-4-7-20-10-13/h4-5,7-10,19H,3,6,11-12H2,1-2H3. The average Bonchev–Trinajstić information content (AvgIpc) is 2.54. The molecular formula is C17H21ClN2O2. The number of methoxy groups -OCH3 is 1. The van der Waals surface area contributed by atoms with Gasteiger partial charge in [0.25, 0.3) is 0 Å². The number of hydrogen-bond donors (Lipinski definition) is 1. The first-order valence-corrected chi connectivity index (χ1v) is 7.71. The quantitative estimate of drug-likeness (QED) is 0.751. The molecule has 1 aromatic carbocycles. The topological polar surface area (TPSA) is 43.4 Å². The van der Waals surface area contributed by atoms with Crippen LogP contribution in [0.25, 0.3) is 0 Å². The first kappa shape index (κ1) is 16.6. The predicted molar refractivity (Wildman–Crippen MR) is 88.6 cm³/mol. The number of aromatic nitrogens is 1. The highest BCUT2D eigenvalue weighted by atomic mass is 35.5. The van der Waals surface area contributed by atoms with Crippen LogP contribution < -0.4 is 14.8 Å². The minimum Gasteiger partial charge on any atom is -0.493 e. The lowest BCUT2D eigenvalue weighted by Gasteiger charge is -2.14.